The van der Waals surface area contributed by atoms with Gasteiger partial charge in [-0.15, -0.1) is 0 Å². The summed E-state index contributed by atoms with van der Waals surface area (Å²) in [6.07, 6.45) is 6.90. The lowest BCUT2D eigenvalue weighted by molar-refractivity contribution is -0.137. The number of anilines is 3. The van der Waals surface area contributed by atoms with Gasteiger partial charge in [-0.05, 0) is 91.7 Å². The van der Waals surface area contributed by atoms with Crippen molar-refractivity contribution < 1.29 is 18.0 Å². The Balaban J connectivity index is 0.000000299. The Morgan fingerprint density at radius 3 is 2.24 bits per heavy atom. The third-order valence-corrected chi connectivity index (χ3v) is 8.86. The van der Waals surface area contributed by atoms with Crippen LogP contribution in [-0.4, -0.2) is 68.7 Å². The van der Waals surface area contributed by atoms with Crippen molar-refractivity contribution in [1.29, 1.82) is 0 Å². The number of nitrogens with one attached hydrogen (secondary N) is 2. The zero-order chi connectivity index (χ0) is 35.6. The highest BCUT2D eigenvalue weighted by molar-refractivity contribution is 6.04. The summed E-state index contributed by atoms with van der Waals surface area (Å²) < 4.78 is 42.4. The Bertz CT molecular complexity index is 1650. The summed E-state index contributed by atoms with van der Waals surface area (Å²) in [5.41, 5.74) is 4.66. The van der Waals surface area contributed by atoms with Gasteiger partial charge in [0.25, 0.3) is 5.91 Å². The van der Waals surface area contributed by atoms with E-state index in [1.165, 1.54) is 11.6 Å². The Morgan fingerprint density at radius 2 is 1.65 bits per heavy atom. The molecule has 2 aromatic carbocycles. The molecule has 0 saturated carbocycles. The molecule has 0 bridgehead atoms. The van der Waals surface area contributed by atoms with Crippen molar-refractivity contribution in [3.05, 3.63) is 94.6 Å². The molecule has 5 rings (SSSR count). The van der Waals surface area contributed by atoms with Gasteiger partial charge in [0.05, 0.1) is 17.4 Å². The van der Waals surface area contributed by atoms with Crippen LogP contribution >= 0.6 is 0 Å². The number of nitrogens with zero attached hydrogens (tertiary/aromatic N) is 6. The first-order valence-corrected chi connectivity index (χ1v) is 16.9. The highest BCUT2D eigenvalue weighted by atomic mass is 19.4. The summed E-state index contributed by atoms with van der Waals surface area (Å²) in [5.74, 6) is 0.838. The van der Waals surface area contributed by atoms with Gasteiger partial charge in [0.2, 0.25) is 5.95 Å². The molecule has 1 unspecified atom stereocenters. The molecule has 264 valence electrons. The van der Waals surface area contributed by atoms with Gasteiger partial charge in [-0.3, -0.25) is 14.4 Å². The lowest BCUT2D eigenvalue weighted by atomic mass is 9.95. The van der Waals surface area contributed by atoms with E-state index < -0.39 is 17.6 Å². The summed E-state index contributed by atoms with van der Waals surface area (Å²) in [4.78, 5) is 25.6. The molecule has 2 aromatic heterocycles. The number of aromatic nitrogens is 4. The van der Waals surface area contributed by atoms with Crippen molar-refractivity contribution in [3.63, 3.8) is 0 Å². The van der Waals surface area contributed by atoms with Crippen LogP contribution in [0.25, 0.3) is 0 Å². The zero-order valence-corrected chi connectivity index (χ0v) is 29.4. The topological polar surface area (TPSA) is 91.2 Å². The SMILES string of the molecule is CCC(C)CCc1ccc(C(=O)Nc2cc(CN3CCN(C)CC3)cc(C(F)(F)F)c2)cc1C.CCc1cnc(Nc2cnn(C)c2)nc1. The van der Waals surface area contributed by atoms with E-state index >= 15 is 0 Å². The molecule has 3 heterocycles. The second kappa shape index (κ2) is 17.4. The Morgan fingerprint density at radius 1 is 0.939 bits per heavy atom. The molecule has 2 N–H and O–H groups in total. The molecule has 1 amide bonds. The van der Waals surface area contributed by atoms with Gasteiger partial charge < -0.3 is 15.5 Å². The fraction of sp³-hybridized carbons (Fsp3) is 0.459. The van der Waals surface area contributed by atoms with Gasteiger partial charge in [-0.1, -0.05) is 33.3 Å². The van der Waals surface area contributed by atoms with Crippen molar-refractivity contribution in [2.45, 2.75) is 66.1 Å². The average Bonchev–Trinajstić information content (AvgIpc) is 3.49. The highest BCUT2D eigenvalue weighted by Gasteiger charge is 2.31. The molecule has 1 atom stereocenters. The fourth-order valence-corrected chi connectivity index (χ4v) is 5.43. The van der Waals surface area contributed by atoms with Gasteiger partial charge >= 0.3 is 6.18 Å². The predicted molar refractivity (Wildman–Crippen MR) is 189 cm³/mol. The molecule has 1 fully saturated rings. The molecule has 9 nitrogen and oxygen atoms in total. The van der Waals surface area contributed by atoms with Crippen LogP contribution in [0, 0.1) is 12.8 Å². The van der Waals surface area contributed by atoms with Crippen LogP contribution in [0.4, 0.5) is 30.5 Å². The number of hydrogen-bond donors (Lipinski definition) is 2. The number of carbonyl (C=O) groups is 1. The number of piperazine rings is 1. The Kier molecular flexibility index (Phi) is 13.3. The minimum absolute atomic E-state index is 0.169. The van der Waals surface area contributed by atoms with Gasteiger partial charge in [0.15, 0.2) is 0 Å². The molecule has 0 spiro atoms. The van der Waals surface area contributed by atoms with Crippen molar-refractivity contribution in [3.8, 4) is 0 Å². The van der Waals surface area contributed by atoms with Crippen molar-refractivity contribution >= 4 is 23.2 Å². The van der Waals surface area contributed by atoms with Crippen molar-refractivity contribution in [2.75, 3.05) is 43.9 Å². The number of amides is 1. The molecular formula is C37H49F3N8O. The molecule has 49 heavy (non-hydrogen) atoms. The molecule has 1 aliphatic heterocycles. The van der Waals surface area contributed by atoms with E-state index in [2.05, 4.69) is 56.3 Å². The molecule has 4 aromatic rings. The second-order valence-corrected chi connectivity index (χ2v) is 12.9. The maximum atomic E-state index is 13.6. The third-order valence-electron chi connectivity index (χ3n) is 8.86. The van der Waals surface area contributed by atoms with E-state index in [0.717, 1.165) is 74.7 Å². The number of alkyl halides is 3. The van der Waals surface area contributed by atoms with Gasteiger partial charge in [0.1, 0.15) is 0 Å². The second-order valence-electron chi connectivity index (χ2n) is 12.9. The first kappa shape index (κ1) is 37.5. The minimum atomic E-state index is -4.48. The molecule has 12 heteroatoms. The number of aryl methyl sites for hydroxylation is 4. The number of benzene rings is 2. The first-order valence-electron chi connectivity index (χ1n) is 16.9. The first-order chi connectivity index (χ1) is 23.3. The van der Waals surface area contributed by atoms with Crippen LogP contribution < -0.4 is 10.6 Å². The van der Waals surface area contributed by atoms with E-state index in [1.54, 1.807) is 23.0 Å². The summed E-state index contributed by atoms with van der Waals surface area (Å²) in [7, 11) is 3.90. The van der Waals surface area contributed by atoms with Gasteiger partial charge in [0, 0.05) is 69.6 Å². The fourth-order valence-electron chi connectivity index (χ4n) is 5.43. The Labute approximate surface area is 287 Å². The van der Waals surface area contributed by atoms with Crippen LogP contribution in [0.5, 0.6) is 0 Å². The highest BCUT2D eigenvalue weighted by Crippen LogP contribution is 2.33. The standard InChI is InChI=1S/C27H36F3N3O.C10H13N5/c1-5-19(2)6-7-22-8-9-23(14-20(22)3)26(34)31-25-16-21(15-24(17-25)27(28,29)30)18-33-12-10-32(4)11-13-33;1-3-8-4-11-10(12-5-8)14-9-6-13-15(2)7-9/h8-9,14-17,19H,5-7,10-13,18H2,1-4H3,(H,31,34);4-7H,3H2,1-2H3,(H,11,12,14). The van der Waals surface area contributed by atoms with Gasteiger partial charge in [-0.2, -0.15) is 18.3 Å². The van der Waals surface area contributed by atoms with Crippen LogP contribution in [0.2, 0.25) is 0 Å². The molecular weight excluding hydrogens is 629 g/mol. The lowest BCUT2D eigenvalue weighted by Gasteiger charge is -2.32. The lowest BCUT2D eigenvalue weighted by Crippen LogP contribution is -2.43. The Hall–Kier alpha value is -4.29. The predicted octanol–water partition coefficient (Wildman–Crippen LogP) is 7.51. The number of likely N-dealkylation sites (N-methyl/N-ethyl adjacent to an activating group) is 1. The van der Waals surface area contributed by atoms with Gasteiger partial charge in [-0.25, -0.2) is 9.97 Å². The third kappa shape index (κ3) is 11.7. The molecule has 1 aliphatic rings. The maximum Gasteiger partial charge on any atom is 0.416 e. The van der Waals surface area contributed by atoms with Crippen molar-refractivity contribution in [1.82, 2.24) is 29.5 Å². The molecule has 0 radical (unpaired) electrons. The summed E-state index contributed by atoms with van der Waals surface area (Å²) >= 11 is 0. The number of rotatable bonds is 11. The number of carbonyl (C=O) groups excluding carboxylic acids is 1. The number of hydrogen-bond acceptors (Lipinski definition) is 7. The zero-order valence-electron chi connectivity index (χ0n) is 29.4. The molecule has 0 aliphatic carbocycles. The van der Waals surface area contributed by atoms with Crippen LogP contribution in [0.15, 0.2) is 61.2 Å². The monoisotopic (exact) mass is 678 g/mol. The van der Waals surface area contributed by atoms with E-state index in [-0.39, 0.29) is 5.69 Å². The number of halogens is 3. The smallest absolute Gasteiger partial charge is 0.322 e. The minimum Gasteiger partial charge on any atom is -0.322 e. The normalized spacial score (nSPS) is 14.6. The van der Waals surface area contributed by atoms with Crippen LogP contribution in [0.1, 0.15) is 71.8 Å². The van der Waals surface area contributed by atoms with Crippen LogP contribution in [0.3, 0.4) is 0 Å². The van der Waals surface area contributed by atoms with Crippen molar-refractivity contribution in [2.24, 2.45) is 13.0 Å². The summed E-state index contributed by atoms with van der Waals surface area (Å²) in [5, 5.41) is 9.81. The van der Waals surface area contributed by atoms with Crippen LogP contribution in [-0.2, 0) is 32.6 Å². The van der Waals surface area contributed by atoms with E-state index in [0.29, 0.717) is 29.5 Å². The average molecular weight is 679 g/mol. The largest absolute Gasteiger partial charge is 0.416 e. The van der Waals surface area contributed by atoms with E-state index in [9.17, 15) is 18.0 Å². The summed E-state index contributed by atoms with van der Waals surface area (Å²) in [6.45, 7) is 12.2. The van der Waals surface area contributed by atoms with E-state index in [1.807, 2.05) is 51.7 Å². The van der Waals surface area contributed by atoms with E-state index in [4.69, 9.17) is 0 Å². The quantitative estimate of drug-likeness (QED) is 0.170. The maximum absolute atomic E-state index is 13.6. The molecule has 1 saturated heterocycles. The summed E-state index contributed by atoms with van der Waals surface area (Å²) in [6, 6.07) is 9.38.